The van der Waals surface area contributed by atoms with Crippen LogP contribution in [0.4, 0.5) is 10.1 Å². The molecule has 1 saturated carbocycles. The molecule has 1 aliphatic carbocycles. The normalized spacial score (nSPS) is 15.9. The van der Waals surface area contributed by atoms with E-state index in [1.54, 1.807) is 0 Å². The second-order valence-electron chi connectivity index (χ2n) is 4.54. The number of carbonyl (C=O) groups is 1. The first-order valence-corrected chi connectivity index (χ1v) is 5.89. The number of hydrogen-bond acceptors (Lipinski definition) is 4. The summed E-state index contributed by atoms with van der Waals surface area (Å²) in [6, 6.07) is 2.93. The van der Waals surface area contributed by atoms with Crippen molar-refractivity contribution in [1.29, 1.82) is 0 Å². The first-order valence-electron chi connectivity index (χ1n) is 5.89. The van der Waals surface area contributed by atoms with Crippen LogP contribution in [-0.2, 0) is 0 Å². The molecule has 0 aliphatic heterocycles. The van der Waals surface area contributed by atoms with Gasteiger partial charge in [0.15, 0.2) is 0 Å². The van der Waals surface area contributed by atoms with Gasteiger partial charge in [0.2, 0.25) is 5.82 Å². The zero-order valence-corrected chi connectivity index (χ0v) is 10.0. The van der Waals surface area contributed by atoms with Crippen molar-refractivity contribution in [3.05, 3.63) is 39.7 Å². The molecule has 0 saturated heterocycles. The molecule has 1 aliphatic rings. The number of nitro groups is 1. The van der Waals surface area contributed by atoms with Crippen LogP contribution in [-0.4, -0.2) is 28.6 Å². The van der Waals surface area contributed by atoms with E-state index in [4.69, 9.17) is 0 Å². The lowest BCUT2D eigenvalue weighted by Crippen LogP contribution is -2.33. The Bertz CT molecular complexity index is 516. The highest BCUT2D eigenvalue weighted by Crippen LogP contribution is 2.32. The quantitative estimate of drug-likeness (QED) is 0.620. The SMILES string of the molecule is O=C(NCC(O)C1CC1)c1ccc(F)c([N+](=O)[O-])c1. The Balaban J connectivity index is 2.02. The molecule has 1 amide bonds. The van der Waals surface area contributed by atoms with E-state index in [-0.39, 0.29) is 18.0 Å². The van der Waals surface area contributed by atoms with Crippen LogP contribution in [0.15, 0.2) is 18.2 Å². The number of nitro benzene ring substituents is 1. The van der Waals surface area contributed by atoms with E-state index < -0.39 is 28.4 Å². The van der Waals surface area contributed by atoms with Gasteiger partial charge >= 0.3 is 5.69 Å². The monoisotopic (exact) mass is 268 g/mol. The van der Waals surface area contributed by atoms with Gasteiger partial charge < -0.3 is 10.4 Å². The van der Waals surface area contributed by atoms with Gasteiger partial charge in [-0.2, -0.15) is 4.39 Å². The summed E-state index contributed by atoms with van der Waals surface area (Å²) in [5, 5.41) is 22.6. The number of halogens is 1. The largest absolute Gasteiger partial charge is 0.391 e. The van der Waals surface area contributed by atoms with Crippen molar-refractivity contribution in [2.45, 2.75) is 18.9 Å². The highest BCUT2D eigenvalue weighted by molar-refractivity contribution is 5.94. The van der Waals surface area contributed by atoms with Crippen LogP contribution in [0.3, 0.4) is 0 Å². The molecule has 2 rings (SSSR count). The van der Waals surface area contributed by atoms with Crippen LogP contribution in [0.25, 0.3) is 0 Å². The molecule has 0 bridgehead atoms. The topological polar surface area (TPSA) is 92.5 Å². The fourth-order valence-corrected chi connectivity index (χ4v) is 1.74. The molecule has 1 unspecified atom stereocenters. The van der Waals surface area contributed by atoms with Crippen LogP contribution < -0.4 is 5.32 Å². The molecule has 7 heteroatoms. The summed E-state index contributed by atoms with van der Waals surface area (Å²) in [5.74, 6) is -1.33. The third-order valence-electron chi connectivity index (χ3n) is 3.04. The first-order chi connectivity index (χ1) is 8.99. The number of aliphatic hydroxyl groups is 1. The molecule has 0 radical (unpaired) electrons. The molecule has 0 aromatic heterocycles. The number of nitrogens with zero attached hydrogens (tertiary/aromatic N) is 1. The van der Waals surface area contributed by atoms with Crippen molar-refractivity contribution in [3.8, 4) is 0 Å². The number of amides is 1. The Kier molecular flexibility index (Phi) is 3.75. The molecule has 0 heterocycles. The fraction of sp³-hybridized carbons (Fsp3) is 0.417. The smallest absolute Gasteiger partial charge is 0.305 e. The number of aliphatic hydroxyl groups excluding tert-OH is 1. The lowest BCUT2D eigenvalue weighted by Gasteiger charge is -2.10. The Labute approximate surface area is 108 Å². The van der Waals surface area contributed by atoms with Crippen LogP contribution in [0.5, 0.6) is 0 Å². The Morgan fingerprint density at radius 1 is 1.58 bits per heavy atom. The molecule has 1 aromatic carbocycles. The zero-order valence-electron chi connectivity index (χ0n) is 10.0. The molecule has 19 heavy (non-hydrogen) atoms. The number of rotatable bonds is 5. The lowest BCUT2D eigenvalue weighted by molar-refractivity contribution is -0.387. The second-order valence-corrected chi connectivity index (χ2v) is 4.54. The van der Waals surface area contributed by atoms with Gasteiger partial charge in [0.25, 0.3) is 5.91 Å². The number of nitrogens with one attached hydrogen (secondary N) is 1. The number of hydrogen-bond donors (Lipinski definition) is 2. The maximum absolute atomic E-state index is 13.1. The summed E-state index contributed by atoms with van der Waals surface area (Å²) < 4.78 is 13.1. The molecule has 1 atom stereocenters. The maximum Gasteiger partial charge on any atom is 0.305 e. The molecule has 1 fully saturated rings. The zero-order chi connectivity index (χ0) is 14.0. The standard InChI is InChI=1S/C12H13FN2O4/c13-9-4-3-8(5-10(9)15(18)19)12(17)14-6-11(16)7-1-2-7/h3-5,7,11,16H,1-2,6H2,(H,14,17). The first kappa shape index (κ1) is 13.4. The average molecular weight is 268 g/mol. The molecule has 1 aromatic rings. The van der Waals surface area contributed by atoms with Crippen molar-refractivity contribution in [2.24, 2.45) is 5.92 Å². The van der Waals surface area contributed by atoms with Crippen molar-refractivity contribution in [2.75, 3.05) is 6.54 Å². The third-order valence-corrected chi connectivity index (χ3v) is 3.04. The van der Waals surface area contributed by atoms with Crippen molar-refractivity contribution in [3.63, 3.8) is 0 Å². The van der Waals surface area contributed by atoms with E-state index in [1.165, 1.54) is 6.07 Å². The van der Waals surface area contributed by atoms with Gasteiger partial charge in [-0.25, -0.2) is 0 Å². The molecular formula is C12H13FN2O4. The Hall–Kier alpha value is -2.02. The molecular weight excluding hydrogens is 255 g/mol. The summed E-state index contributed by atoms with van der Waals surface area (Å²) in [4.78, 5) is 21.4. The van der Waals surface area contributed by atoms with Crippen LogP contribution in [0.1, 0.15) is 23.2 Å². The molecule has 2 N–H and O–H groups in total. The van der Waals surface area contributed by atoms with E-state index in [0.717, 1.165) is 25.0 Å². The van der Waals surface area contributed by atoms with Gasteiger partial charge in [0.1, 0.15) is 0 Å². The summed E-state index contributed by atoms with van der Waals surface area (Å²) in [6.07, 6.45) is 1.29. The van der Waals surface area contributed by atoms with Crippen molar-refractivity contribution < 1.29 is 19.2 Å². The molecule has 6 nitrogen and oxygen atoms in total. The summed E-state index contributed by atoms with van der Waals surface area (Å²) >= 11 is 0. The van der Waals surface area contributed by atoms with E-state index in [1.807, 2.05) is 0 Å². The van der Waals surface area contributed by atoms with Crippen molar-refractivity contribution in [1.82, 2.24) is 5.32 Å². The van der Waals surface area contributed by atoms with Gasteiger partial charge in [-0.05, 0) is 30.9 Å². The van der Waals surface area contributed by atoms with Crippen molar-refractivity contribution >= 4 is 11.6 Å². The fourth-order valence-electron chi connectivity index (χ4n) is 1.74. The van der Waals surface area contributed by atoms with E-state index in [2.05, 4.69) is 5.32 Å². The minimum atomic E-state index is -0.987. The average Bonchev–Trinajstić information content (AvgIpc) is 3.20. The predicted octanol–water partition coefficient (Wildman–Crippen LogP) is 1.23. The Morgan fingerprint density at radius 2 is 2.26 bits per heavy atom. The van der Waals surface area contributed by atoms with E-state index in [9.17, 15) is 24.4 Å². The van der Waals surface area contributed by atoms with Gasteiger partial charge in [-0.15, -0.1) is 0 Å². The van der Waals surface area contributed by atoms with Gasteiger partial charge in [0, 0.05) is 18.2 Å². The maximum atomic E-state index is 13.1. The Morgan fingerprint density at radius 3 is 2.84 bits per heavy atom. The van der Waals surface area contributed by atoms with Crippen LogP contribution in [0, 0.1) is 21.8 Å². The lowest BCUT2D eigenvalue weighted by atomic mass is 10.1. The van der Waals surface area contributed by atoms with Gasteiger partial charge in [-0.1, -0.05) is 0 Å². The highest BCUT2D eigenvalue weighted by atomic mass is 19.1. The van der Waals surface area contributed by atoms with E-state index >= 15 is 0 Å². The minimum Gasteiger partial charge on any atom is -0.391 e. The summed E-state index contributed by atoms with van der Waals surface area (Å²) in [6.45, 7) is 0.0919. The third kappa shape index (κ3) is 3.25. The summed E-state index contributed by atoms with van der Waals surface area (Å²) in [5.41, 5.74) is -0.744. The van der Waals surface area contributed by atoms with Gasteiger partial charge in [-0.3, -0.25) is 14.9 Å². The van der Waals surface area contributed by atoms with Gasteiger partial charge in [0.05, 0.1) is 11.0 Å². The number of carbonyl (C=O) groups excluding carboxylic acids is 1. The summed E-state index contributed by atoms with van der Waals surface area (Å²) in [7, 11) is 0. The minimum absolute atomic E-state index is 0.00361. The molecule has 102 valence electrons. The highest BCUT2D eigenvalue weighted by Gasteiger charge is 2.29. The van der Waals surface area contributed by atoms with E-state index in [0.29, 0.717) is 0 Å². The predicted molar refractivity (Wildman–Crippen MR) is 64.1 cm³/mol. The number of benzene rings is 1. The van der Waals surface area contributed by atoms with Crippen LogP contribution in [0.2, 0.25) is 0 Å². The molecule has 0 spiro atoms. The van der Waals surface area contributed by atoms with Crippen LogP contribution >= 0.6 is 0 Å². The second kappa shape index (κ2) is 5.31.